The molecule has 0 aliphatic rings. The van der Waals surface area contributed by atoms with Gasteiger partial charge < -0.3 is 14.6 Å². The first-order chi connectivity index (χ1) is 10.4. The van der Waals surface area contributed by atoms with E-state index in [1.807, 2.05) is 0 Å². The summed E-state index contributed by atoms with van der Waals surface area (Å²) >= 11 is 3.07. The van der Waals surface area contributed by atoms with Gasteiger partial charge in [0.15, 0.2) is 11.9 Å². The number of aromatic nitrogens is 1. The van der Waals surface area contributed by atoms with E-state index < -0.39 is 23.8 Å². The molecule has 0 aliphatic carbocycles. The molecule has 0 fully saturated rings. The molecule has 1 heterocycles. The number of ether oxygens (including phenoxy) is 1. The zero-order valence-corrected chi connectivity index (χ0v) is 13.3. The summed E-state index contributed by atoms with van der Waals surface area (Å²) in [6, 6.07) is 5.07. The minimum Gasteiger partial charge on any atom is -0.449 e. The Morgan fingerprint density at radius 3 is 2.73 bits per heavy atom. The minimum absolute atomic E-state index is 0.123. The summed E-state index contributed by atoms with van der Waals surface area (Å²) in [6.07, 6.45) is -1.05. The number of hydrogen-bond acceptors (Lipinski definition) is 5. The van der Waals surface area contributed by atoms with Crippen molar-refractivity contribution in [3.05, 3.63) is 45.9 Å². The predicted octanol–water partition coefficient (Wildman–Crippen LogP) is 3.07. The molecule has 0 unspecified atom stereocenters. The number of aryl methyl sites for hydroxylation is 1. The quantitative estimate of drug-likeness (QED) is 0.836. The molecule has 0 bridgehead atoms. The van der Waals surface area contributed by atoms with Crippen molar-refractivity contribution >= 4 is 33.6 Å². The number of hydrogen-bond donors (Lipinski definition) is 1. The van der Waals surface area contributed by atoms with Crippen molar-refractivity contribution < 1.29 is 23.2 Å². The molecule has 1 amide bonds. The molecule has 1 aromatic heterocycles. The van der Waals surface area contributed by atoms with Crippen LogP contribution in [0, 0.1) is 12.7 Å². The third-order valence-electron chi connectivity index (χ3n) is 2.68. The highest BCUT2D eigenvalue weighted by molar-refractivity contribution is 9.10. The summed E-state index contributed by atoms with van der Waals surface area (Å²) < 4.78 is 23.1. The first-order valence-electron chi connectivity index (χ1n) is 6.27. The van der Waals surface area contributed by atoms with Gasteiger partial charge in [-0.15, -0.1) is 0 Å². The van der Waals surface area contributed by atoms with Gasteiger partial charge in [0, 0.05) is 10.5 Å². The molecule has 2 rings (SSSR count). The summed E-state index contributed by atoms with van der Waals surface area (Å²) in [7, 11) is 0. The van der Waals surface area contributed by atoms with Crippen LogP contribution in [0.25, 0.3) is 0 Å². The number of halogens is 2. The van der Waals surface area contributed by atoms with E-state index in [-0.39, 0.29) is 15.9 Å². The largest absolute Gasteiger partial charge is 0.449 e. The van der Waals surface area contributed by atoms with Crippen LogP contribution in [0.4, 0.5) is 10.2 Å². The van der Waals surface area contributed by atoms with Gasteiger partial charge in [-0.1, -0.05) is 5.16 Å². The Morgan fingerprint density at radius 1 is 1.41 bits per heavy atom. The lowest BCUT2D eigenvalue weighted by molar-refractivity contribution is -0.123. The zero-order chi connectivity index (χ0) is 16.3. The topological polar surface area (TPSA) is 81.4 Å². The van der Waals surface area contributed by atoms with Crippen molar-refractivity contribution in [2.75, 3.05) is 5.32 Å². The fourth-order valence-electron chi connectivity index (χ4n) is 1.59. The van der Waals surface area contributed by atoms with Crippen LogP contribution in [-0.2, 0) is 9.53 Å². The van der Waals surface area contributed by atoms with Crippen molar-refractivity contribution in [3.63, 3.8) is 0 Å². The van der Waals surface area contributed by atoms with Crippen LogP contribution >= 0.6 is 15.9 Å². The van der Waals surface area contributed by atoms with Gasteiger partial charge >= 0.3 is 5.97 Å². The van der Waals surface area contributed by atoms with Gasteiger partial charge in [-0.3, -0.25) is 4.79 Å². The molecule has 1 N–H and O–H groups in total. The van der Waals surface area contributed by atoms with Crippen LogP contribution in [0.3, 0.4) is 0 Å². The van der Waals surface area contributed by atoms with Gasteiger partial charge in [-0.25, -0.2) is 9.18 Å². The van der Waals surface area contributed by atoms with Gasteiger partial charge in [0.05, 0.1) is 5.56 Å². The third kappa shape index (κ3) is 3.91. The Balaban J connectivity index is 1.99. The fourth-order valence-corrected chi connectivity index (χ4v) is 2.10. The summed E-state index contributed by atoms with van der Waals surface area (Å²) in [5.41, 5.74) is 0.123. The number of nitrogens with zero attached hydrogens (tertiary/aromatic N) is 1. The van der Waals surface area contributed by atoms with Crippen molar-refractivity contribution in [2.45, 2.75) is 20.0 Å². The molecular weight excluding hydrogens is 359 g/mol. The summed E-state index contributed by atoms with van der Waals surface area (Å²) in [5, 5.41) is 6.05. The number of nitrogens with one attached hydrogen (secondary N) is 1. The van der Waals surface area contributed by atoms with Crippen molar-refractivity contribution in [1.82, 2.24) is 5.16 Å². The standard InChI is InChI=1S/C14H12BrFN2O4/c1-7-5-12(18-22-7)17-13(19)8(2)21-14(20)10-4-3-9(16)6-11(10)15/h3-6,8H,1-2H3,(H,17,18,19)/t8-/m1/s1. The smallest absolute Gasteiger partial charge is 0.340 e. The molecule has 8 heteroatoms. The van der Waals surface area contributed by atoms with Crippen LogP contribution in [0.1, 0.15) is 23.0 Å². The van der Waals surface area contributed by atoms with Crippen LogP contribution in [0.5, 0.6) is 0 Å². The van der Waals surface area contributed by atoms with E-state index >= 15 is 0 Å². The number of rotatable bonds is 4. The van der Waals surface area contributed by atoms with Crippen molar-refractivity contribution in [2.24, 2.45) is 0 Å². The Hall–Kier alpha value is -2.22. The molecule has 0 aliphatic heterocycles. The molecule has 1 atom stereocenters. The summed E-state index contributed by atoms with van der Waals surface area (Å²) in [6.45, 7) is 3.09. The second kappa shape index (κ2) is 6.69. The molecule has 0 saturated heterocycles. The Morgan fingerprint density at radius 2 is 2.14 bits per heavy atom. The lowest BCUT2D eigenvalue weighted by Crippen LogP contribution is -2.30. The number of carbonyl (C=O) groups excluding carboxylic acids is 2. The Bertz CT molecular complexity index is 717. The Kier molecular flexibility index (Phi) is 4.92. The van der Waals surface area contributed by atoms with Crippen molar-refractivity contribution in [1.29, 1.82) is 0 Å². The van der Waals surface area contributed by atoms with E-state index in [1.165, 1.54) is 19.1 Å². The molecule has 1 aromatic carbocycles. The van der Waals surface area contributed by atoms with E-state index in [0.29, 0.717) is 5.76 Å². The van der Waals surface area contributed by atoms with E-state index in [2.05, 4.69) is 26.4 Å². The predicted molar refractivity (Wildman–Crippen MR) is 78.8 cm³/mol. The van der Waals surface area contributed by atoms with E-state index in [4.69, 9.17) is 9.26 Å². The second-order valence-corrected chi connectivity index (χ2v) is 5.34. The maximum Gasteiger partial charge on any atom is 0.340 e. The Labute approximate surface area is 133 Å². The average Bonchev–Trinajstić information content (AvgIpc) is 2.83. The maximum atomic E-state index is 13.0. The molecular formula is C14H12BrFN2O4. The maximum absolute atomic E-state index is 13.0. The summed E-state index contributed by atoms with van der Waals surface area (Å²) in [4.78, 5) is 23.8. The number of anilines is 1. The SMILES string of the molecule is Cc1cc(NC(=O)[C@@H](C)OC(=O)c2ccc(F)cc2Br)no1. The van der Waals surface area contributed by atoms with Crippen LogP contribution in [-0.4, -0.2) is 23.1 Å². The molecule has 0 saturated carbocycles. The zero-order valence-electron chi connectivity index (χ0n) is 11.7. The van der Waals surface area contributed by atoms with Gasteiger partial charge in [-0.2, -0.15) is 0 Å². The molecule has 0 radical (unpaired) electrons. The molecule has 116 valence electrons. The van der Waals surface area contributed by atoms with Gasteiger partial charge in [0.25, 0.3) is 5.91 Å². The van der Waals surface area contributed by atoms with Crippen molar-refractivity contribution in [3.8, 4) is 0 Å². The van der Waals surface area contributed by atoms with Gasteiger partial charge in [0.1, 0.15) is 11.6 Å². The van der Waals surface area contributed by atoms with Gasteiger partial charge in [-0.05, 0) is 48.0 Å². The van der Waals surface area contributed by atoms with Crippen LogP contribution in [0.15, 0.2) is 33.3 Å². The highest BCUT2D eigenvalue weighted by atomic mass is 79.9. The molecule has 22 heavy (non-hydrogen) atoms. The highest BCUT2D eigenvalue weighted by Crippen LogP contribution is 2.19. The van der Waals surface area contributed by atoms with Gasteiger partial charge in [0.2, 0.25) is 0 Å². The minimum atomic E-state index is -1.05. The second-order valence-electron chi connectivity index (χ2n) is 4.48. The van der Waals surface area contributed by atoms with Crippen LogP contribution in [0.2, 0.25) is 0 Å². The van der Waals surface area contributed by atoms with E-state index in [1.54, 1.807) is 6.92 Å². The number of benzene rings is 1. The highest BCUT2D eigenvalue weighted by Gasteiger charge is 2.21. The fraction of sp³-hybridized carbons (Fsp3) is 0.214. The summed E-state index contributed by atoms with van der Waals surface area (Å²) in [5.74, 6) is -1.02. The third-order valence-corrected chi connectivity index (χ3v) is 3.34. The lowest BCUT2D eigenvalue weighted by atomic mass is 10.2. The number of carbonyl (C=O) groups is 2. The number of amides is 1. The molecule has 0 spiro atoms. The van der Waals surface area contributed by atoms with E-state index in [0.717, 1.165) is 12.1 Å². The molecule has 6 nitrogen and oxygen atoms in total. The first-order valence-corrected chi connectivity index (χ1v) is 7.06. The first kappa shape index (κ1) is 16.2. The number of esters is 1. The monoisotopic (exact) mass is 370 g/mol. The molecule has 2 aromatic rings. The van der Waals surface area contributed by atoms with Crippen LogP contribution < -0.4 is 5.32 Å². The lowest BCUT2D eigenvalue weighted by Gasteiger charge is -2.13. The van der Waals surface area contributed by atoms with E-state index in [9.17, 15) is 14.0 Å². The normalized spacial score (nSPS) is 11.8. The average molecular weight is 371 g/mol.